The van der Waals surface area contributed by atoms with Crippen LogP contribution in [0.4, 0.5) is 0 Å². The number of nitrogens with zero attached hydrogens (tertiary/aromatic N) is 2. The summed E-state index contributed by atoms with van der Waals surface area (Å²) in [5.41, 5.74) is 2.55. The Morgan fingerprint density at radius 2 is 1.90 bits per heavy atom. The molecular formula is C14H8BrCl3N2. The molecule has 3 rings (SSSR count). The summed E-state index contributed by atoms with van der Waals surface area (Å²) in [6.07, 6.45) is 0. The summed E-state index contributed by atoms with van der Waals surface area (Å²) in [4.78, 5) is 4.51. The Kier molecular flexibility index (Phi) is 3.95. The molecular weight excluding hydrogens is 382 g/mol. The van der Waals surface area contributed by atoms with E-state index in [0.29, 0.717) is 10.0 Å². The quantitative estimate of drug-likeness (QED) is 0.503. The first kappa shape index (κ1) is 14.2. The van der Waals surface area contributed by atoms with Crippen LogP contribution in [-0.2, 0) is 5.88 Å². The predicted molar refractivity (Wildman–Crippen MR) is 88.3 cm³/mol. The van der Waals surface area contributed by atoms with Gasteiger partial charge >= 0.3 is 0 Å². The van der Waals surface area contributed by atoms with E-state index in [1.54, 1.807) is 0 Å². The van der Waals surface area contributed by atoms with Crippen LogP contribution < -0.4 is 0 Å². The van der Waals surface area contributed by atoms with E-state index in [0.717, 1.165) is 27.0 Å². The van der Waals surface area contributed by atoms with Crippen molar-refractivity contribution in [3.8, 4) is 5.69 Å². The molecule has 3 aromatic rings. The minimum atomic E-state index is 0.287. The van der Waals surface area contributed by atoms with E-state index in [-0.39, 0.29) is 5.88 Å². The molecule has 0 radical (unpaired) electrons. The van der Waals surface area contributed by atoms with Crippen LogP contribution in [0.1, 0.15) is 5.82 Å². The molecule has 0 saturated carbocycles. The second-order valence-corrected chi connectivity index (χ2v) is 6.25. The molecule has 0 bridgehead atoms. The van der Waals surface area contributed by atoms with Crippen LogP contribution in [0.3, 0.4) is 0 Å². The van der Waals surface area contributed by atoms with Gasteiger partial charge in [-0.2, -0.15) is 0 Å². The van der Waals surface area contributed by atoms with Crippen molar-refractivity contribution in [3.63, 3.8) is 0 Å². The minimum Gasteiger partial charge on any atom is -0.294 e. The Labute approximate surface area is 139 Å². The summed E-state index contributed by atoms with van der Waals surface area (Å²) in [6.45, 7) is 0. The van der Waals surface area contributed by atoms with E-state index in [2.05, 4.69) is 20.9 Å². The predicted octanol–water partition coefficient (Wildman–Crippen LogP) is 5.83. The highest BCUT2D eigenvalue weighted by atomic mass is 79.9. The van der Waals surface area contributed by atoms with Gasteiger partial charge < -0.3 is 0 Å². The van der Waals surface area contributed by atoms with Gasteiger partial charge in [-0.3, -0.25) is 4.57 Å². The van der Waals surface area contributed by atoms with E-state index in [9.17, 15) is 0 Å². The smallest absolute Gasteiger partial charge is 0.129 e. The number of halogens is 4. The van der Waals surface area contributed by atoms with Gasteiger partial charge in [0.1, 0.15) is 5.82 Å². The fourth-order valence-electron chi connectivity index (χ4n) is 2.12. The van der Waals surface area contributed by atoms with Crippen molar-refractivity contribution in [2.45, 2.75) is 5.88 Å². The Bertz CT molecular complexity index is 798. The SMILES string of the molecule is ClCc1nc2cc(Cl)ccc2n1-c1cc(Br)ccc1Cl. The van der Waals surface area contributed by atoms with Crippen molar-refractivity contribution in [2.75, 3.05) is 0 Å². The third kappa shape index (κ3) is 2.44. The topological polar surface area (TPSA) is 17.8 Å². The molecule has 0 fully saturated rings. The molecule has 6 heteroatoms. The molecule has 0 unspecified atom stereocenters. The third-order valence-electron chi connectivity index (χ3n) is 2.95. The van der Waals surface area contributed by atoms with Crippen LogP contribution >= 0.6 is 50.7 Å². The summed E-state index contributed by atoms with van der Waals surface area (Å²) in [6, 6.07) is 11.2. The van der Waals surface area contributed by atoms with Crippen LogP contribution in [0.2, 0.25) is 10.0 Å². The van der Waals surface area contributed by atoms with Crippen molar-refractivity contribution in [2.24, 2.45) is 0 Å². The number of hydrogen-bond acceptors (Lipinski definition) is 1. The summed E-state index contributed by atoms with van der Waals surface area (Å²) in [5, 5.41) is 1.28. The molecule has 0 spiro atoms. The lowest BCUT2D eigenvalue weighted by molar-refractivity contribution is 0.981. The molecule has 1 aromatic heterocycles. The van der Waals surface area contributed by atoms with Crippen LogP contribution in [0.25, 0.3) is 16.7 Å². The molecule has 0 atom stereocenters. The minimum absolute atomic E-state index is 0.287. The third-order valence-corrected chi connectivity index (χ3v) is 4.24. The number of hydrogen-bond donors (Lipinski definition) is 0. The van der Waals surface area contributed by atoms with Crippen molar-refractivity contribution < 1.29 is 0 Å². The van der Waals surface area contributed by atoms with Crippen molar-refractivity contribution in [3.05, 3.63) is 56.7 Å². The molecule has 2 aromatic carbocycles. The van der Waals surface area contributed by atoms with E-state index >= 15 is 0 Å². The van der Waals surface area contributed by atoms with Crippen molar-refractivity contribution in [1.82, 2.24) is 9.55 Å². The van der Waals surface area contributed by atoms with Gasteiger partial charge in [0.05, 0.1) is 27.6 Å². The normalized spacial score (nSPS) is 11.2. The van der Waals surface area contributed by atoms with Crippen molar-refractivity contribution >= 4 is 61.8 Å². The second kappa shape index (κ2) is 5.57. The van der Waals surface area contributed by atoms with Gasteiger partial charge in [-0.05, 0) is 36.4 Å². The van der Waals surface area contributed by atoms with E-state index < -0.39 is 0 Å². The van der Waals surface area contributed by atoms with Gasteiger partial charge in [0, 0.05) is 9.50 Å². The van der Waals surface area contributed by atoms with Gasteiger partial charge in [-0.1, -0.05) is 39.1 Å². The average molecular weight is 390 g/mol. The molecule has 20 heavy (non-hydrogen) atoms. The molecule has 0 saturated heterocycles. The lowest BCUT2D eigenvalue weighted by Gasteiger charge is -2.10. The van der Waals surface area contributed by atoms with E-state index in [4.69, 9.17) is 34.8 Å². The first-order chi connectivity index (χ1) is 9.60. The maximum Gasteiger partial charge on any atom is 0.129 e. The Balaban J connectivity index is 2.37. The highest BCUT2D eigenvalue weighted by Crippen LogP contribution is 2.30. The summed E-state index contributed by atoms with van der Waals surface area (Å²) in [7, 11) is 0. The zero-order valence-electron chi connectivity index (χ0n) is 10.1. The number of fused-ring (bicyclic) bond motifs is 1. The van der Waals surface area contributed by atoms with Crippen LogP contribution in [0.15, 0.2) is 40.9 Å². The molecule has 0 aliphatic rings. The van der Waals surface area contributed by atoms with E-state index in [1.807, 2.05) is 41.0 Å². The van der Waals surface area contributed by atoms with Gasteiger partial charge in [-0.25, -0.2) is 4.98 Å². The number of imidazole rings is 1. The zero-order chi connectivity index (χ0) is 14.3. The van der Waals surface area contributed by atoms with Crippen LogP contribution in [0.5, 0.6) is 0 Å². The fraction of sp³-hybridized carbons (Fsp3) is 0.0714. The first-order valence-corrected chi connectivity index (χ1v) is 7.87. The van der Waals surface area contributed by atoms with Gasteiger partial charge in [0.25, 0.3) is 0 Å². The number of benzene rings is 2. The zero-order valence-corrected chi connectivity index (χ0v) is 13.9. The Morgan fingerprint density at radius 1 is 1.10 bits per heavy atom. The van der Waals surface area contributed by atoms with Crippen LogP contribution in [-0.4, -0.2) is 9.55 Å². The fourth-order valence-corrected chi connectivity index (χ4v) is 3.02. The second-order valence-electron chi connectivity index (χ2n) is 4.23. The van der Waals surface area contributed by atoms with E-state index in [1.165, 1.54) is 0 Å². The van der Waals surface area contributed by atoms with Crippen LogP contribution in [0, 0.1) is 0 Å². The average Bonchev–Trinajstić information content (AvgIpc) is 2.78. The van der Waals surface area contributed by atoms with Gasteiger partial charge in [-0.15, -0.1) is 11.6 Å². The molecule has 0 amide bonds. The first-order valence-electron chi connectivity index (χ1n) is 5.78. The number of alkyl halides is 1. The largest absolute Gasteiger partial charge is 0.294 e. The number of aromatic nitrogens is 2. The number of rotatable bonds is 2. The summed E-state index contributed by atoms with van der Waals surface area (Å²) < 4.78 is 2.89. The maximum atomic E-state index is 6.31. The highest BCUT2D eigenvalue weighted by Gasteiger charge is 2.14. The lowest BCUT2D eigenvalue weighted by atomic mass is 10.2. The highest BCUT2D eigenvalue weighted by molar-refractivity contribution is 9.10. The standard InChI is InChI=1S/C14H8BrCl3N2/c15-8-1-3-10(18)13(5-8)20-12-4-2-9(17)6-11(12)19-14(20)7-16/h1-6H,7H2. The van der Waals surface area contributed by atoms with Gasteiger partial charge in [0.2, 0.25) is 0 Å². The maximum absolute atomic E-state index is 6.31. The molecule has 0 aliphatic carbocycles. The Morgan fingerprint density at radius 3 is 2.65 bits per heavy atom. The monoisotopic (exact) mass is 388 g/mol. The summed E-state index contributed by atoms with van der Waals surface area (Å²) >= 11 is 21.8. The van der Waals surface area contributed by atoms with Crippen molar-refractivity contribution in [1.29, 1.82) is 0 Å². The molecule has 0 aliphatic heterocycles. The molecule has 2 nitrogen and oxygen atoms in total. The summed E-state index contributed by atoms with van der Waals surface area (Å²) in [5.74, 6) is 1.01. The molecule has 102 valence electrons. The Hall–Kier alpha value is -0.740. The molecule has 1 heterocycles. The van der Waals surface area contributed by atoms with Gasteiger partial charge in [0.15, 0.2) is 0 Å². The molecule has 0 N–H and O–H groups in total. The lowest BCUT2D eigenvalue weighted by Crippen LogP contribution is -2.00.